The summed E-state index contributed by atoms with van der Waals surface area (Å²) in [6.45, 7) is 35.0. The quantitative estimate of drug-likeness (QED) is 0.141. The van der Waals surface area contributed by atoms with Gasteiger partial charge in [0.25, 0.3) is 6.71 Å². The number of fused-ring (bicyclic) bond motifs is 7. The van der Waals surface area contributed by atoms with Gasteiger partial charge in [0.1, 0.15) is 11.5 Å². The van der Waals surface area contributed by atoms with Crippen LogP contribution in [0.5, 0.6) is 11.5 Å². The van der Waals surface area contributed by atoms with Crippen LogP contribution in [0, 0.1) is 0 Å². The smallest absolute Gasteiger partial charge is 0.256 e. The highest BCUT2D eigenvalue weighted by Gasteiger charge is 2.49. The molecule has 0 N–H and O–H groups in total. The second-order valence-electron chi connectivity index (χ2n) is 32.6. The summed E-state index contributed by atoms with van der Waals surface area (Å²) in [6, 6.07) is 100.0. The van der Waals surface area contributed by atoms with Gasteiger partial charge in [0.2, 0.25) is 0 Å². The van der Waals surface area contributed by atoms with Crippen molar-refractivity contribution in [2.45, 2.75) is 136 Å². The van der Waals surface area contributed by atoms with E-state index in [0.29, 0.717) is 0 Å². The topological polar surface area (TPSA) is 12.5 Å². The van der Waals surface area contributed by atoms with E-state index in [0.717, 1.165) is 61.7 Å². The average molecular weight is 1250 g/mol. The fraction of sp³-hybridized carbons (Fsp3) is 0.226. The van der Waals surface area contributed by atoms with Gasteiger partial charge >= 0.3 is 0 Å². The molecule has 0 aromatic heterocycles. The molecule has 0 bridgehead atoms. The minimum atomic E-state index is -0.605. The molecule has 2 heterocycles. The molecule has 2 aliphatic heterocycles. The Hall–Kier alpha value is -9.70. The lowest BCUT2D eigenvalue weighted by Crippen LogP contribution is -2.59. The summed E-state index contributed by atoms with van der Waals surface area (Å²) in [7, 11) is 0. The normalized spacial score (nSPS) is 13.9. The summed E-state index contributed by atoms with van der Waals surface area (Å²) in [4.78, 5) is 2.68. The average Bonchev–Trinajstić information content (AvgIpc) is 1.22. The number of hydrogen-bond donors (Lipinski definition) is 0. The van der Waals surface area contributed by atoms with Gasteiger partial charge in [0.05, 0.1) is 11.1 Å². The van der Waals surface area contributed by atoms with Crippen LogP contribution in [0.4, 0.5) is 17.1 Å². The van der Waals surface area contributed by atoms with Crippen LogP contribution in [0.2, 0.25) is 0 Å². The molecule has 0 amide bonds. The van der Waals surface area contributed by atoms with Crippen molar-refractivity contribution in [3.63, 3.8) is 0 Å². The maximum atomic E-state index is 7.74. The van der Waals surface area contributed by atoms with Crippen molar-refractivity contribution in [1.29, 1.82) is 0 Å². The molecule has 3 heteroatoms. The number of ether oxygens (including phenoxy) is 1. The molecule has 0 spiro atoms. The standard InChI is InChI=1S/C93H88BNO/c1-88(2,3)68-47-63(48-69(55-68)89(4,5)6)61-43-45-79-81(52-61)95(87-76(59-31-20-16-21-32-59)57-72(92(13,14)15)58-77(87)60-33-22-17-23-34-60)82-53-65(64-49-70(90(7,8)9)56-71(50-64)91(10,11)12)54-84-86(82)94(79)80-51-62(44-46-83(80)96-84)73-40-30-41-75-74-39-28-29-42-78(74)93(85(73)75,66-35-24-18-25-36-66)67-37-26-19-27-38-67/h16-58H,1-15H3. The summed E-state index contributed by atoms with van der Waals surface area (Å²) >= 11 is 0. The zero-order valence-electron chi connectivity index (χ0n) is 58.8. The Morgan fingerprint density at radius 2 is 0.719 bits per heavy atom. The van der Waals surface area contributed by atoms with Crippen molar-refractivity contribution in [2.75, 3.05) is 4.90 Å². The number of nitrogens with zero attached hydrogens (tertiary/aromatic N) is 1. The van der Waals surface area contributed by atoms with Crippen molar-refractivity contribution in [3.8, 4) is 78.3 Å². The van der Waals surface area contributed by atoms with Crippen LogP contribution in [0.25, 0.3) is 66.8 Å². The second-order valence-corrected chi connectivity index (χ2v) is 32.6. The van der Waals surface area contributed by atoms with Crippen LogP contribution < -0.4 is 26.0 Å². The van der Waals surface area contributed by atoms with Gasteiger partial charge in [-0.2, -0.15) is 0 Å². The molecule has 12 aromatic carbocycles. The Balaban J connectivity index is 1.07. The third-order valence-corrected chi connectivity index (χ3v) is 20.9. The Bertz CT molecular complexity index is 4860. The van der Waals surface area contributed by atoms with Crippen LogP contribution in [-0.2, 0) is 32.5 Å². The van der Waals surface area contributed by atoms with E-state index >= 15 is 0 Å². The lowest BCUT2D eigenvalue weighted by atomic mass is 9.34. The third-order valence-electron chi connectivity index (χ3n) is 20.9. The fourth-order valence-corrected chi connectivity index (χ4v) is 15.5. The Labute approximate surface area is 571 Å². The van der Waals surface area contributed by atoms with Crippen LogP contribution in [0.15, 0.2) is 261 Å². The zero-order chi connectivity index (χ0) is 67.0. The minimum Gasteiger partial charge on any atom is -0.458 e. The van der Waals surface area contributed by atoms with Gasteiger partial charge in [0.15, 0.2) is 0 Å². The first kappa shape index (κ1) is 62.4. The molecule has 3 aliphatic rings. The summed E-state index contributed by atoms with van der Waals surface area (Å²) < 4.78 is 7.74. The van der Waals surface area contributed by atoms with Crippen LogP contribution in [0.3, 0.4) is 0 Å². The van der Waals surface area contributed by atoms with E-state index in [1.54, 1.807) is 0 Å². The van der Waals surface area contributed by atoms with Gasteiger partial charge in [-0.25, -0.2) is 0 Å². The number of anilines is 3. The van der Waals surface area contributed by atoms with E-state index in [4.69, 9.17) is 4.74 Å². The van der Waals surface area contributed by atoms with Crippen LogP contribution >= 0.6 is 0 Å². The van der Waals surface area contributed by atoms with Gasteiger partial charge in [-0.1, -0.05) is 328 Å². The van der Waals surface area contributed by atoms with Gasteiger partial charge < -0.3 is 9.64 Å². The van der Waals surface area contributed by atoms with Gasteiger partial charge in [-0.3, -0.25) is 0 Å². The van der Waals surface area contributed by atoms with Crippen molar-refractivity contribution < 1.29 is 4.74 Å². The van der Waals surface area contributed by atoms with E-state index < -0.39 is 5.41 Å². The third kappa shape index (κ3) is 10.6. The Kier molecular flexibility index (Phi) is 14.8. The second kappa shape index (κ2) is 22.7. The monoisotopic (exact) mass is 1250 g/mol. The molecule has 0 saturated carbocycles. The Morgan fingerprint density at radius 1 is 0.292 bits per heavy atom. The molecule has 0 unspecified atom stereocenters. The Morgan fingerprint density at radius 3 is 1.24 bits per heavy atom. The van der Waals surface area contributed by atoms with Crippen LogP contribution in [0.1, 0.15) is 154 Å². The highest BCUT2D eigenvalue weighted by Crippen LogP contribution is 2.59. The minimum absolute atomic E-state index is 0.0872. The van der Waals surface area contributed by atoms with Gasteiger partial charge in [-0.15, -0.1) is 0 Å². The molecule has 96 heavy (non-hydrogen) atoms. The van der Waals surface area contributed by atoms with E-state index in [1.165, 1.54) is 100 Å². The number of rotatable bonds is 8. The zero-order valence-corrected chi connectivity index (χ0v) is 58.8. The predicted molar refractivity (Wildman–Crippen MR) is 410 cm³/mol. The highest BCUT2D eigenvalue weighted by molar-refractivity contribution is 6.99. The summed E-state index contributed by atoms with van der Waals surface area (Å²) in [5.41, 5.74) is 31.6. The molecular formula is C93H88BNO. The summed E-state index contributed by atoms with van der Waals surface area (Å²) in [5, 5.41) is 0. The largest absolute Gasteiger partial charge is 0.458 e. The van der Waals surface area contributed by atoms with E-state index in [2.05, 4.69) is 370 Å². The van der Waals surface area contributed by atoms with Crippen molar-refractivity contribution in [3.05, 3.63) is 311 Å². The first-order valence-electron chi connectivity index (χ1n) is 34.7. The molecular weight excluding hydrogens is 1160 g/mol. The van der Waals surface area contributed by atoms with Crippen molar-refractivity contribution >= 4 is 40.2 Å². The maximum Gasteiger partial charge on any atom is 0.256 e. The molecule has 0 atom stereocenters. The highest BCUT2D eigenvalue weighted by atomic mass is 16.5. The molecule has 474 valence electrons. The lowest BCUT2D eigenvalue weighted by molar-refractivity contribution is 0.488. The maximum absolute atomic E-state index is 7.74. The first-order valence-corrected chi connectivity index (χ1v) is 34.7. The fourth-order valence-electron chi connectivity index (χ4n) is 15.5. The van der Waals surface area contributed by atoms with Crippen molar-refractivity contribution in [1.82, 2.24) is 0 Å². The number of benzene rings is 12. The lowest BCUT2D eigenvalue weighted by Gasteiger charge is -2.42. The summed E-state index contributed by atoms with van der Waals surface area (Å²) in [6.07, 6.45) is 0. The van der Waals surface area contributed by atoms with Crippen molar-refractivity contribution in [2.24, 2.45) is 0 Å². The summed E-state index contributed by atoms with van der Waals surface area (Å²) in [5.74, 6) is 1.74. The predicted octanol–water partition coefficient (Wildman–Crippen LogP) is 23.3. The number of hydrogen-bond acceptors (Lipinski definition) is 2. The van der Waals surface area contributed by atoms with Gasteiger partial charge in [0, 0.05) is 22.5 Å². The molecule has 15 rings (SSSR count). The first-order chi connectivity index (χ1) is 45.7. The van der Waals surface area contributed by atoms with Crippen LogP contribution in [-0.4, -0.2) is 6.71 Å². The van der Waals surface area contributed by atoms with Gasteiger partial charge in [-0.05, 0) is 186 Å². The van der Waals surface area contributed by atoms with E-state index in [-0.39, 0.29) is 33.8 Å². The molecule has 0 fully saturated rings. The SMILES string of the molecule is CC(C)(C)c1cc(-c2ccc3c(c2)N(c2c(-c4ccccc4)cc(C(C)(C)C)cc2-c2ccccc2)c2cc(-c4cc(C(C)(C)C)cc(C(C)(C)C)c4)cc4c2B3c2cc(-c3cccc5c3C(c3ccccc3)(c3ccccc3)c3ccccc3-5)ccc2O4)cc(C(C)(C)C)c1. The molecule has 2 nitrogen and oxygen atoms in total. The molecule has 1 aliphatic carbocycles. The molecule has 12 aromatic rings. The van der Waals surface area contributed by atoms with E-state index in [1.807, 2.05) is 0 Å². The van der Waals surface area contributed by atoms with E-state index in [9.17, 15) is 0 Å². The molecule has 0 radical (unpaired) electrons. The molecule has 0 saturated heterocycles.